The second-order valence-electron chi connectivity index (χ2n) is 6.16. The number of rotatable bonds is 8. The number of nitrogens with zero attached hydrogens (tertiary/aromatic N) is 1. The van der Waals surface area contributed by atoms with E-state index in [4.69, 9.17) is 10.8 Å². The average molecular weight is 437 g/mol. The van der Waals surface area contributed by atoms with Crippen molar-refractivity contribution in [3.05, 3.63) is 35.1 Å². The van der Waals surface area contributed by atoms with Crippen molar-refractivity contribution in [2.24, 2.45) is 16.6 Å². The van der Waals surface area contributed by atoms with E-state index in [-0.39, 0.29) is 42.2 Å². The van der Waals surface area contributed by atoms with E-state index >= 15 is 0 Å². The molecule has 132 valence electrons. The highest BCUT2D eigenvalue weighted by Gasteiger charge is 2.05. The Kier molecular flexibility index (Phi) is 11.2. The van der Waals surface area contributed by atoms with Crippen molar-refractivity contribution in [3.8, 4) is 0 Å². The molecule has 23 heavy (non-hydrogen) atoms. The van der Waals surface area contributed by atoms with E-state index in [0.717, 1.165) is 24.3 Å². The van der Waals surface area contributed by atoms with Gasteiger partial charge in [0.1, 0.15) is 5.82 Å². The molecule has 0 fully saturated rings. The summed E-state index contributed by atoms with van der Waals surface area (Å²) in [4.78, 5) is 4.26. The largest absolute Gasteiger partial charge is 0.392 e. The molecule has 0 radical (unpaired) electrons. The number of aliphatic hydroxyl groups is 1. The number of nitrogens with one attached hydrogen (secondary N) is 1. The number of hydrogen-bond donors (Lipinski definition) is 3. The summed E-state index contributed by atoms with van der Waals surface area (Å²) in [5.74, 6) is 0.712. The maximum Gasteiger partial charge on any atom is 0.189 e. The van der Waals surface area contributed by atoms with E-state index in [1.165, 1.54) is 12.5 Å². The predicted octanol–water partition coefficient (Wildman–Crippen LogP) is 3.56. The van der Waals surface area contributed by atoms with Crippen molar-refractivity contribution in [2.45, 2.75) is 59.2 Å². The number of guanidine groups is 1. The first-order valence-electron chi connectivity index (χ1n) is 7.87. The van der Waals surface area contributed by atoms with Gasteiger partial charge in [0.25, 0.3) is 0 Å². The van der Waals surface area contributed by atoms with Crippen LogP contribution in [0.1, 0.15) is 51.2 Å². The van der Waals surface area contributed by atoms with Crippen LogP contribution in [0.4, 0.5) is 4.39 Å². The Hall–Kier alpha value is -0.890. The van der Waals surface area contributed by atoms with E-state index in [9.17, 15) is 4.39 Å². The SMILES string of the molecule is CC(C)CCCC(C)NC(N)=NCc1ccc(F)c(CO)c1.I. The van der Waals surface area contributed by atoms with Gasteiger partial charge in [-0.25, -0.2) is 9.38 Å². The standard InChI is InChI=1S/C17H28FN3O.HI/c1-12(2)5-4-6-13(3)21-17(19)20-10-14-7-8-16(18)15(9-14)11-22;/h7-9,12-13,22H,4-6,10-11H2,1-3H3,(H3,19,20,21);1H. The first-order chi connectivity index (χ1) is 10.4. The molecule has 0 aromatic heterocycles. The van der Waals surface area contributed by atoms with Gasteiger partial charge in [0.05, 0.1) is 13.2 Å². The predicted molar refractivity (Wildman–Crippen MR) is 104 cm³/mol. The summed E-state index contributed by atoms with van der Waals surface area (Å²) in [5.41, 5.74) is 6.97. The van der Waals surface area contributed by atoms with Crippen LogP contribution in [-0.2, 0) is 13.2 Å². The minimum atomic E-state index is -0.403. The molecule has 0 spiro atoms. The molecule has 4 nitrogen and oxygen atoms in total. The summed E-state index contributed by atoms with van der Waals surface area (Å²) in [6, 6.07) is 4.88. The first-order valence-corrected chi connectivity index (χ1v) is 7.87. The lowest BCUT2D eigenvalue weighted by Gasteiger charge is -2.15. The van der Waals surface area contributed by atoms with Crippen molar-refractivity contribution in [2.75, 3.05) is 0 Å². The van der Waals surface area contributed by atoms with Gasteiger partial charge in [-0.05, 0) is 37.0 Å². The van der Waals surface area contributed by atoms with E-state index in [1.807, 2.05) is 0 Å². The van der Waals surface area contributed by atoms with Gasteiger partial charge in [-0.2, -0.15) is 0 Å². The maximum atomic E-state index is 13.3. The number of benzene rings is 1. The van der Waals surface area contributed by atoms with Crippen molar-refractivity contribution in [3.63, 3.8) is 0 Å². The molecule has 1 rings (SSSR count). The van der Waals surface area contributed by atoms with Crippen LogP contribution in [0.25, 0.3) is 0 Å². The second-order valence-corrected chi connectivity index (χ2v) is 6.16. The lowest BCUT2D eigenvalue weighted by molar-refractivity contribution is 0.275. The lowest BCUT2D eigenvalue weighted by atomic mass is 10.0. The van der Waals surface area contributed by atoms with Crippen LogP contribution < -0.4 is 11.1 Å². The number of nitrogens with two attached hydrogens (primary N) is 1. The van der Waals surface area contributed by atoms with Crippen molar-refractivity contribution < 1.29 is 9.50 Å². The quantitative estimate of drug-likeness (QED) is 0.331. The monoisotopic (exact) mass is 437 g/mol. The minimum absolute atomic E-state index is 0. The molecule has 6 heteroatoms. The maximum absolute atomic E-state index is 13.3. The molecule has 0 aliphatic carbocycles. The lowest BCUT2D eigenvalue weighted by Crippen LogP contribution is -2.38. The minimum Gasteiger partial charge on any atom is -0.392 e. The van der Waals surface area contributed by atoms with Gasteiger partial charge in [0.15, 0.2) is 5.96 Å². The van der Waals surface area contributed by atoms with Crippen LogP contribution in [0.2, 0.25) is 0 Å². The molecule has 0 amide bonds. The fraction of sp³-hybridized carbons (Fsp3) is 0.588. The normalized spacial score (nSPS) is 12.9. The fourth-order valence-electron chi connectivity index (χ4n) is 2.23. The number of hydrogen-bond acceptors (Lipinski definition) is 2. The molecular formula is C17H29FIN3O. The summed E-state index contributed by atoms with van der Waals surface area (Å²) >= 11 is 0. The van der Waals surface area contributed by atoms with Gasteiger partial charge in [0.2, 0.25) is 0 Å². The fourth-order valence-corrected chi connectivity index (χ4v) is 2.23. The smallest absolute Gasteiger partial charge is 0.189 e. The highest BCUT2D eigenvalue weighted by molar-refractivity contribution is 14.0. The Morgan fingerprint density at radius 2 is 2.00 bits per heavy atom. The number of aliphatic hydroxyl groups excluding tert-OH is 1. The molecule has 0 aliphatic rings. The molecule has 1 unspecified atom stereocenters. The molecule has 0 saturated carbocycles. The van der Waals surface area contributed by atoms with Crippen LogP contribution in [0.3, 0.4) is 0 Å². The van der Waals surface area contributed by atoms with Crippen LogP contribution >= 0.6 is 24.0 Å². The van der Waals surface area contributed by atoms with Gasteiger partial charge in [-0.15, -0.1) is 24.0 Å². The highest BCUT2D eigenvalue weighted by Crippen LogP contribution is 2.11. The highest BCUT2D eigenvalue weighted by atomic mass is 127. The molecule has 1 aromatic rings. The summed E-state index contributed by atoms with van der Waals surface area (Å²) in [6.45, 7) is 6.58. The Morgan fingerprint density at radius 3 is 2.61 bits per heavy atom. The van der Waals surface area contributed by atoms with Crippen LogP contribution in [0.5, 0.6) is 0 Å². The zero-order valence-corrected chi connectivity index (χ0v) is 16.5. The summed E-state index contributed by atoms with van der Waals surface area (Å²) < 4.78 is 13.3. The topological polar surface area (TPSA) is 70.6 Å². The summed E-state index contributed by atoms with van der Waals surface area (Å²) in [6.07, 6.45) is 3.43. The third kappa shape index (κ3) is 9.10. The molecule has 0 heterocycles. The molecule has 0 bridgehead atoms. The molecule has 0 saturated heterocycles. The van der Waals surface area contributed by atoms with Crippen LogP contribution in [0.15, 0.2) is 23.2 Å². The number of aliphatic imine (C=N–C) groups is 1. The Bertz CT molecular complexity index is 495. The zero-order chi connectivity index (χ0) is 16.5. The van der Waals surface area contributed by atoms with Gasteiger partial charge in [-0.1, -0.05) is 32.8 Å². The van der Waals surface area contributed by atoms with Crippen LogP contribution in [0, 0.1) is 11.7 Å². The van der Waals surface area contributed by atoms with E-state index < -0.39 is 5.82 Å². The molecular weight excluding hydrogens is 408 g/mol. The summed E-state index contributed by atoms with van der Waals surface area (Å²) in [7, 11) is 0. The van der Waals surface area contributed by atoms with E-state index in [1.54, 1.807) is 12.1 Å². The van der Waals surface area contributed by atoms with Crippen molar-refractivity contribution >= 4 is 29.9 Å². The molecule has 1 aromatic carbocycles. The van der Waals surface area contributed by atoms with Gasteiger partial charge >= 0.3 is 0 Å². The zero-order valence-electron chi connectivity index (χ0n) is 14.2. The van der Waals surface area contributed by atoms with Crippen molar-refractivity contribution in [1.29, 1.82) is 0 Å². The molecule has 0 aliphatic heterocycles. The summed E-state index contributed by atoms with van der Waals surface area (Å²) in [5, 5.41) is 12.2. The molecule has 1 atom stereocenters. The van der Waals surface area contributed by atoms with Crippen LogP contribution in [-0.4, -0.2) is 17.1 Å². The second kappa shape index (κ2) is 11.6. The third-order valence-electron chi connectivity index (χ3n) is 3.53. The molecule has 4 N–H and O–H groups in total. The Balaban J connectivity index is 0.00000484. The van der Waals surface area contributed by atoms with Gasteiger partial charge < -0.3 is 16.2 Å². The number of halogens is 2. The van der Waals surface area contributed by atoms with Gasteiger partial charge in [0, 0.05) is 11.6 Å². The third-order valence-corrected chi connectivity index (χ3v) is 3.53. The Labute approximate surface area is 155 Å². The van der Waals surface area contributed by atoms with E-state index in [0.29, 0.717) is 12.5 Å². The van der Waals surface area contributed by atoms with Gasteiger partial charge in [-0.3, -0.25) is 0 Å². The first kappa shape index (κ1) is 22.1. The van der Waals surface area contributed by atoms with Crippen molar-refractivity contribution in [1.82, 2.24) is 5.32 Å². The Morgan fingerprint density at radius 1 is 1.30 bits per heavy atom. The van der Waals surface area contributed by atoms with E-state index in [2.05, 4.69) is 31.1 Å². The average Bonchev–Trinajstić information content (AvgIpc) is 2.46.